The second kappa shape index (κ2) is 12.4. The van der Waals surface area contributed by atoms with Crippen LogP contribution in [0.15, 0.2) is 53.3 Å². The molecule has 13 nitrogen and oxygen atoms in total. The average Bonchev–Trinajstić information content (AvgIpc) is 3.70. The van der Waals surface area contributed by atoms with Crippen molar-refractivity contribution in [3.8, 4) is 11.1 Å². The zero-order valence-electron chi connectivity index (χ0n) is 24.9. The summed E-state index contributed by atoms with van der Waals surface area (Å²) in [6.45, 7) is 6.54. The molecule has 0 unspecified atom stereocenters. The summed E-state index contributed by atoms with van der Waals surface area (Å²) in [5.74, 6) is -1.70. The minimum atomic E-state index is -0.815. The Labute approximate surface area is 256 Å². The molecule has 2 fully saturated rings. The number of cyclic esters (lactones) is 2. The van der Waals surface area contributed by atoms with Gasteiger partial charge in [-0.05, 0) is 57.2 Å². The monoisotopic (exact) mass is 627 g/mol. The molecule has 5 rings (SSSR count). The van der Waals surface area contributed by atoms with Crippen LogP contribution in [0, 0.1) is 11.6 Å². The molecule has 15 heteroatoms. The van der Waals surface area contributed by atoms with Gasteiger partial charge >= 0.3 is 18.3 Å². The maximum absolute atomic E-state index is 15.4. The highest BCUT2D eigenvalue weighted by Gasteiger charge is 2.37. The number of nitrogens with zero attached hydrogens (tertiary/aromatic N) is 4. The summed E-state index contributed by atoms with van der Waals surface area (Å²) in [7, 11) is 0. The zero-order valence-corrected chi connectivity index (χ0v) is 24.9. The smallest absolute Gasteiger partial charge is 0.416 e. The molecule has 4 amide bonds. The molecule has 3 aromatic rings. The van der Waals surface area contributed by atoms with Crippen molar-refractivity contribution in [2.24, 2.45) is 0 Å². The summed E-state index contributed by atoms with van der Waals surface area (Å²) in [5, 5.41) is 6.35. The number of carbonyl (C=O) groups is 4. The van der Waals surface area contributed by atoms with Gasteiger partial charge in [-0.2, -0.15) is 0 Å². The molecule has 1 aromatic heterocycles. The number of nitrogens with one attached hydrogen (secondary N) is 1. The number of ether oxygens (including phenoxy) is 3. The van der Waals surface area contributed by atoms with E-state index in [0.29, 0.717) is 0 Å². The van der Waals surface area contributed by atoms with E-state index in [9.17, 15) is 19.2 Å². The minimum Gasteiger partial charge on any atom is -0.443 e. The fourth-order valence-corrected chi connectivity index (χ4v) is 4.83. The van der Waals surface area contributed by atoms with Crippen LogP contribution < -0.4 is 20.0 Å². The van der Waals surface area contributed by atoms with Gasteiger partial charge < -0.3 is 24.1 Å². The van der Waals surface area contributed by atoms with Crippen molar-refractivity contribution in [2.75, 3.05) is 40.9 Å². The van der Waals surface area contributed by atoms with Gasteiger partial charge in [0.2, 0.25) is 5.91 Å². The molecular formula is C30H31F2N5O8. The zero-order chi connectivity index (χ0) is 32.5. The highest BCUT2D eigenvalue weighted by atomic mass is 19.1. The molecule has 2 aliphatic rings. The van der Waals surface area contributed by atoms with Crippen molar-refractivity contribution in [3.05, 3.63) is 60.4 Å². The summed E-state index contributed by atoms with van der Waals surface area (Å²) in [5.41, 5.74) is -0.556. The Morgan fingerprint density at radius 3 is 2.00 bits per heavy atom. The Hall–Kier alpha value is -5.21. The molecular weight excluding hydrogens is 596 g/mol. The van der Waals surface area contributed by atoms with E-state index in [1.165, 1.54) is 58.2 Å². The van der Waals surface area contributed by atoms with Gasteiger partial charge in [0.05, 0.1) is 37.6 Å². The maximum Gasteiger partial charge on any atom is 0.416 e. The maximum atomic E-state index is 15.4. The van der Waals surface area contributed by atoms with E-state index in [4.69, 9.17) is 18.7 Å². The van der Waals surface area contributed by atoms with Crippen LogP contribution in [0.1, 0.15) is 27.7 Å². The Bertz CT molecular complexity index is 1610. The Kier molecular flexibility index (Phi) is 8.62. The molecule has 0 bridgehead atoms. The van der Waals surface area contributed by atoms with E-state index in [0.717, 1.165) is 12.1 Å². The highest BCUT2D eigenvalue weighted by molar-refractivity contribution is 5.92. The molecule has 0 spiro atoms. The van der Waals surface area contributed by atoms with Crippen LogP contribution in [0.25, 0.3) is 11.1 Å². The van der Waals surface area contributed by atoms with Crippen molar-refractivity contribution in [3.63, 3.8) is 0 Å². The molecule has 2 aliphatic heterocycles. The second-order valence-corrected chi connectivity index (χ2v) is 11.4. The van der Waals surface area contributed by atoms with Crippen LogP contribution in [0.5, 0.6) is 0 Å². The van der Waals surface area contributed by atoms with E-state index in [-0.39, 0.29) is 60.4 Å². The largest absolute Gasteiger partial charge is 0.443 e. The first-order valence-electron chi connectivity index (χ1n) is 14.0. The highest BCUT2D eigenvalue weighted by Crippen LogP contribution is 2.33. The summed E-state index contributed by atoms with van der Waals surface area (Å²) >= 11 is 0. The van der Waals surface area contributed by atoms with Crippen LogP contribution in [-0.4, -0.2) is 73.3 Å². The van der Waals surface area contributed by atoms with Crippen molar-refractivity contribution >= 4 is 41.4 Å². The van der Waals surface area contributed by atoms with Crippen LogP contribution in [0.2, 0.25) is 0 Å². The molecule has 0 saturated carbocycles. The van der Waals surface area contributed by atoms with E-state index in [2.05, 4.69) is 10.5 Å². The number of anilines is 3. The first kappa shape index (κ1) is 31.2. The standard InChI is InChI=1S/C30H31F2N5O8/c1-17(38)33-13-20-14-35(27(39)43-20)18-5-7-22(24(31)11-18)23-8-6-19(12-25(23)32)36-15-21(44-28(36)40)16-37(26-9-10-42-34-26)29(41)45-30(2,3)4/h5-12,20-21H,13-16H2,1-4H3,(H,33,38)/t20-,21+/m0/s1. The van der Waals surface area contributed by atoms with Crippen molar-refractivity contribution in [1.29, 1.82) is 0 Å². The second-order valence-electron chi connectivity index (χ2n) is 11.4. The first-order chi connectivity index (χ1) is 21.3. The number of hydrogen-bond donors (Lipinski definition) is 1. The van der Waals surface area contributed by atoms with E-state index >= 15 is 8.78 Å². The molecule has 2 atom stereocenters. The third-order valence-corrected chi connectivity index (χ3v) is 6.85. The van der Waals surface area contributed by atoms with Gasteiger partial charge in [-0.25, -0.2) is 23.2 Å². The SMILES string of the molecule is CC(=O)NC[C@H]1CN(c2ccc(-c3ccc(N4C[C@H](CN(C(=O)OC(C)(C)C)c5ccon5)OC4=O)cc3F)c(F)c2)C(=O)O1. The molecule has 0 radical (unpaired) electrons. The van der Waals surface area contributed by atoms with Gasteiger partial charge in [0, 0.05) is 24.1 Å². The number of amides is 4. The molecule has 1 N–H and O–H groups in total. The van der Waals surface area contributed by atoms with Crippen molar-refractivity contribution in [1.82, 2.24) is 10.5 Å². The van der Waals surface area contributed by atoms with Crippen LogP contribution in [-0.2, 0) is 19.0 Å². The molecule has 2 saturated heterocycles. The lowest BCUT2D eigenvalue weighted by molar-refractivity contribution is -0.119. The van der Waals surface area contributed by atoms with Gasteiger partial charge in [0.15, 0.2) is 5.82 Å². The fourth-order valence-electron chi connectivity index (χ4n) is 4.83. The molecule has 238 valence electrons. The van der Waals surface area contributed by atoms with Gasteiger partial charge in [-0.15, -0.1) is 0 Å². The number of carbonyl (C=O) groups excluding carboxylic acids is 4. The van der Waals surface area contributed by atoms with Gasteiger partial charge in [0.25, 0.3) is 0 Å². The normalized spacial score (nSPS) is 18.1. The first-order valence-corrected chi connectivity index (χ1v) is 14.0. The summed E-state index contributed by atoms with van der Waals surface area (Å²) in [6, 6.07) is 9.22. The van der Waals surface area contributed by atoms with Gasteiger partial charge in [-0.1, -0.05) is 5.16 Å². The Morgan fingerprint density at radius 1 is 0.956 bits per heavy atom. The molecule has 3 heterocycles. The predicted octanol–water partition coefficient (Wildman–Crippen LogP) is 4.85. The third kappa shape index (κ3) is 7.13. The summed E-state index contributed by atoms with van der Waals surface area (Å²) in [6.07, 6.45) is -2.31. The van der Waals surface area contributed by atoms with E-state index < -0.39 is 47.7 Å². The number of rotatable bonds is 8. The van der Waals surface area contributed by atoms with Crippen molar-refractivity contribution in [2.45, 2.75) is 45.5 Å². The number of hydrogen-bond acceptors (Lipinski definition) is 9. The number of aromatic nitrogens is 1. The lowest BCUT2D eigenvalue weighted by Gasteiger charge is -2.26. The van der Waals surface area contributed by atoms with Gasteiger partial charge in [-0.3, -0.25) is 19.5 Å². The lowest BCUT2D eigenvalue weighted by Crippen LogP contribution is -2.42. The summed E-state index contributed by atoms with van der Waals surface area (Å²) < 4.78 is 51.6. The molecule has 2 aromatic carbocycles. The lowest BCUT2D eigenvalue weighted by atomic mass is 10.0. The minimum absolute atomic E-state index is 0.0211. The Balaban J connectivity index is 1.28. The average molecular weight is 628 g/mol. The van der Waals surface area contributed by atoms with Crippen LogP contribution >= 0.6 is 0 Å². The Morgan fingerprint density at radius 2 is 1.51 bits per heavy atom. The molecule has 45 heavy (non-hydrogen) atoms. The predicted molar refractivity (Wildman–Crippen MR) is 156 cm³/mol. The number of halogens is 2. The quantitative estimate of drug-likeness (QED) is 0.347. The number of benzene rings is 2. The fraction of sp³-hybridized carbons (Fsp3) is 0.367. The third-order valence-electron chi connectivity index (χ3n) is 6.85. The summed E-state index contributed by atoms with van der Waals surface area (Å²) in [4.78, 5) is 52.6. The van der Waals surface area contributed by atoms with Crippen molar-refractivity contribution < 1.29 is 46.7 Å². The van der Waals surface area contributed by atoms with E-state index in [1.807, 2.05) is 0 Å². The molecule has 0 aliphatic carbocycles. The van der Waals surface area contributed by atoms with E-state index in [1.54, 1.807) is 20.8 Å². The van der Waals surface area contributed by atoms with Crippen LogP contribution in [0.4, 0.5) is 40.4 Å². The topological polar surface area (TPSA) is 144 Å². The van der Waals surface area contributed by atoms with Crippen LogP contribution in [0.3, 0.4) is 0 Å². The van der Waals surface area contributed by atoms with Gasteiger partial charge in [0.1, 0.15) is 35.7 Å².